The fraction of sp³-hybridized carbons (Fsp3) is 0.250. The first-order valence-electron chi connectivity index (χ1n) is 6.61. The van der Waals surface area contributed by atoms with Crippen molar-refractivity contribution in [3.05, 3.63) is 59.2 Å². The van der Waals surface area contributed by atoms with Crippen molar-refractivity contribution < 1.29 is 17.9 Å². The van der Waals surface area contributed by atoms with E-state index >= 15 is 0 Å². The van der Waals surface area contributed by atoms with Crippen molar-refractivity contribution in [1.29, 1.82) is 0 Å². The van der Waals surface area contributed by atoms with Crippen LogP contribution in [0.3, 0.4) is 0 Å². The van der Waals surface area contributed by atoms with Gasteiger partial charge in [0.05, 0.1) is 5.56 Å². The second-order valence-corrected chi connectivity index (χ2v) is 4.58. The molecule has 0 amide bonds. The van der Waals surface area contributed by atoms with Crippen LogP contribution in [0.15, 0.2) is 42.5 Å². The van der Waals surface area contributed by atoms with Crippen molar-refractivity contribution in [2.75, 3.05) is 0 Å². The van der Waals surface area contributed by atoms with Crippen LogP contribution in [-0.2, 0) is 19.1 Å². The molecule has 0 unspecified atom stereocenters. The highest BCUT2D eigenvalue weighted by Gasteiger charge is 2.33. The van der Waals surface area contributed by atoms with Gasteiger partial charge in [-0.3, -0.25) is 0 Å². The van der Waals surface area contributed by atoms with Crippen LogP contribution in [0.25, 0.3) is 0 Å². The highest BCUT2D eigenvalue weighted by Crippen LogP contribution is 2.35. The van der Waals surface area contributed by atoms with Crippen LogP contribution in [0.4, 0.5) is 13.2 Å². The Morgan fingerprint density at radius 3 is 2.38 bits per heavy atom. The Kier molecular flexibility index (Phi) is 4.53. The van der Waals surface area contributed by atoms with Crippen molar-refractivity contribution >= 4 is 0 Å². The summed E-state index contributed by atoms with van der Waals surface area (Å²) in [6.07, 6.45) is -3.63. The van der Waals surface area contributed by atoms with Crippen molar-refractivity contribution in [3.8, 4) is 11.5 Å². The van der Waals surface area contributed by atoms with Gasteiger partial charge < -0.3 is 10.5 Å². The minimum Gasteiger partial charge on any atom is -0.457 e. The van der Waals surface area contributed by atoms with E-state index in [0.717, 1.165) is 18.1 Å². The number of halogens is 3. The molecule has 0 saturated carbocycles. The Labute approximate surface area is 121 Å². The smallest absolute Gasteiger partial charge is 0.416 e. The average Bonchev–Trinajstić information content (AvgIpc) is 2.46. The van der Waals surface area contributed by atoms with Gasteiger partial charge in [-0.15, -0.1) is 0 Å². The molecule has 0 fully saturated rings. The second-order valence-electron chi connectivity index (χ2n) is 4.58. The molecule has 2 aromatic carbocycles. The second kappa shape index (κ2) is 6.18. The molecule has 0 aromatic heterocycles. The summed E-state index contributed by atoms with van der Waals surface area (Å²) in [6.45, 7) is 1.79. The maximum Gasteiger partial charge on any atom is 0.416 e. The molecule has 2 N–H and O–H groups in total. The molecule has 21 heavy (non-hydrogen) atoms. The van der Waals surface area contributed by atoms with Crippen molar-refractivity contribution in [2.45, 2.75) is 26.1 Å². The van der Waals surface area contributed by atoms with E-state index in [4.69, 9.17) is 10.5 Å². The van der Waals surface area contributed by atoms with Gasteiger partial charge in [-0.25, -0.2) is 0 Å². The van der Waals surface area contributed by atoms with E-state index in [-0.39, 0.29) is 12.1 Å². The van der Waals surface area contributed by atoms with Crippen LogP contribution < -0.4 is 10.5 Å². The van der Waals surface area contributed by atoms with Crippen molar-refractivity contribution in [3.63, 3.8) is 0 Å². The molecule has 0 radical (unpaired) electrons. The molecule has 0 aliphatic rings. The van der Waals surface area contributed by atoms with E-state index in [1.54, 1.807) is 6.07 Å². The molecule has 2 aromatic rings. The molecule has 0 heterocycles. The number of rotatable bonds is 4. The Balaban J connectivity index is 2.34. The van der Waals surface area contributed by atoms with Gasteiger partial charge in [-0.2, -0.15) is 13.2 Å². The lowest BCUT2D eigenvalue weighted by Gasteiger charge is -2.14. The van der Waals surface area contributed by atoms with Crippen LogP contribution in [0.1, 0.15) is 23.6 Å². The predicted molar refractivity (Wildman–Crippen MR) is 75.2 cm³/mol. The molecule has 0 bridgehead atoms. The molecule has 0 spiro atoms. The minimum atomic E-state index is -4.41. The quantitative estimate of drug-likeness (QED) is 0.900. The molecular weight excluding hydrogens is 279 g/mol. The molecule has 0 saturated heterocycles. The summed E-state index contributed by atoms with van der Waals surface area (Å²) in [5.41, 5.74) is 5.70. The first kappa shape index (κ1) is 15.4. The minimum absolute atomic E-state index is 0.0222. The van der Waals surface area contributed by atoms with Gasteiger partial charge in [-0.05, 0) is 41.8 Å². The number of alkyl halides is 3. The molecule has 2 nitrogen and oxygen atoms in total. The van der Waals surface area contributed by atoms with Gasteiger partial charge in [0, 0.05) is 6.54 Å². The number of nitrogens with two attached hydrogens (primary N) is 1. The zero-order chi connectivity index (χ0) is 15.5. The van der Waals surface area contributed by atoms with Crippen LogP contribution in [0.2, 0.25) is 0 Å². The van der Waals surface area contributed by atoms with Gasteiger partial charge in [0.2, 0.25) is 0 Å². The lowest BCUT2D eigenvalue weighted by Crippen LogP contribution is -2.11. The maximum absolute atomic E-state index is 12.8. The van der Waals surface area contributed by atoms with Crippen LogP contribution in [0.5, 0.6) is 11.5 Å². The average molecular weight is 295 g/mol. The highest BCUT2D eigenvalue weighted by molar-refractivity contribution is 5.42. The van der Waals surface area contributed by atoms with E-state index in [1.165, 1.54) is 12.1 Å². The van der Waals surface area contributed by atoms with Crippen LogP contribution in [-0.4, -0.2) is 0 Å². The topological polar surface area (TPSA) is 35.2 Å². The van der Waals surface area contributed by atoms with Crippen molar-refractivity contribution in [1.82, 2.24) is 0 Å². The van der Waals surface area contributed by atoms with Crippen LogP contribution >= 0.6 is 0 Å². The number of ether oxygens (including phenoxy) is 1. The van der Waals surface area contributed by atoms with Gasteiger partial charge in [0.25, 0.3) is 0 Å². The van der Waals surface area contributed by atoms with E-state index < -0.39 is 11.7 Å². The number of aryl methyl sites for hydroxylation is 1. The van der Waals surface area contributed by atoms with E-state index in [9.17, 15) is 13.2 Å². The third-order valence-corrected chi connectivity index (χ3v) is 3.18. The van der Waals surface area contributed by atoms with Gasteiger partial charge in [-0.1, -0.05) is 25.1 Å². The summed E-state index contributed by atoms with van der Waals surface area (Å²) in [7, 11) is 0. The monoisotopic (exact) mass is 295 g/mol. The zero-order valence-corrected chi connectivity index (χ0v) is 11.6. The summed E-state index contributed by atoms with van der Waals surface area (Å²) >= 11 is 0. The molecule has 5 heteroatoms. The zero-order valence-electron chi connectivity index (χ0n) is 11.6. The number of para-hydroxylation sites is 1. The van der Waals surface area contributed by atoms with E-state index in [2.05, 4.69) is 0 Å². The lowest BCUT2D eigenvalue weighted by molar-refractivity contribution is -0.138. The Hall–Kier alpha value is -2.01. The van der Waals surface area contributed by atoms with E-state index in [1.807, 2.05) is 25.1 Å². The molecule has 112 valence electrons. The normalized spacial score (nSPS) is 11.5. The van der Waals surface area contributed by atoms with Crippen molar-refractivity contribution in [2.24, 2.45) is 5.73 Å². The summed E-state index contributed by atoms with van der Waals surface area (Å²) < 4.78 is 44.1. The van der Waals surface area contributed by atoms with Gasteiger partial charge in [0.15, 0.2) is 0 Å². The molecule has 0 aliphatic carbocycles. The van der Waals surface area contributed by atoms with Crippen LogP contribution in [0, 0.1) is 0 Å². The largest absolute Gasteiger partial charge is 0.457 e. The standard InChI is InChI=1S/C16H16F3NO/c1-2-11-5-3-4-6-15(11)21-13-7-8-14(16(17,18)19)12(9-13)10-20/h3-9H,2,10,20H2,1H3. The summed E-state index contributed by atoms with van der Waals surface area (Å²) in [6, 6.07) is 11.1. The Bertz CT molecular complexity index is 623. The maximum atomic E-state index is 12.8. The summed E-state index contributed by atoms with van der Waals surface area (Å²) in [5.74, 6) is 0.993. The fourth-order valence-electron chi connectivity index (χ4n) is 2.10. The summed E-state index contributed by atoms with van der Waals surface area (Å²) in [4.78, 5) is 0. The summed E-state index contributed by atoms with van der Waals surface area (Å²) in [5, 5.41) is 0. The Morgan fingerprint density at radius 1 is 1.05 bits per heavy atom. The third kappa shape index (κ3) is 3.55. The molecular formula is C16H16F3NO. The van der Waals surface area contributed by atoms with Gasteiger partial charge >= 0.3 is 6.18 Å². The third-order valence-electron chi connectivity index (χ3n) is 3.18. The fourth-order valence-corrected chi connectivity index (χ4v) is 2.10. The number of hydrogen-bond donors (Lipinski definition) is 1. The first-order chi connectivity index (χ1) is 9.95. The first-order valence-corrected chi connectivity index (χ1v) is 6.61. The number of benzene rings is 2. The molecule has 0 aliphatic heterocycles. The number of hydrogen-bond acceptors (Lipinski definition) is 2. The predicted octanol–water partition coefficient (Wildman–Crippen LogP) is 4.52. The molecule has 0 atom stereocenters. The SMILES string of the molecule is CCc1ccccc1Oc1ccc(C(F)(F)F)c(CN)c1. The highest BCUT2D eigenvalue weighted by atomic mass is 19.4. The van der Waals surface area contributed by atoms with Gasteiger partial charge in [0.1, 0.15) is 11.5 Å². The Morgan fingerprint density at radius 2 is 1.76 bits per heavy atom. The lowest BCUT2D eigenvalue weighted by atomic mass is 10.1. The molecule has 2 rings (SSSR count). The van der Waals surface area contributed by atoms with E-state index in [0.29, 0.717) is 11.5 Å².